The molecule has 1 aliphatic rings. The van der Waals surface area contributed by atoms with E-state index in [1.807, 2.05) is 30.3 Å². The van der Waals surface area contributed by atoms with Gasteiger partial charge in [-0.1, -0.05) is 0 Å². The standard InChI is InChI=1S/C16H30N6OS.HI/c1-13-20-21-14(22(13)3)11-18-15(17-8-6-9-23-4)19-12-16(2)7-5-10-24-16;/h5-12H2,1-4H3,(H2,17,18,19);1H. The van der Waals surface area contributed by atoms with Crippen LogP contribution in [0.2, 0.25) is 0 Å². The van der Waals surface area contributed by atoms with Crippen LogP contribution in [0.25, 0.3) is 0 Å². The van der Waals surface area contributed by atoms with E-state index in [-0.39, 0.29) is 24.0 Å². The molecule has 0 aliphatic carbocycles. The first-order valence-electron chi connectivity index (χ1n) is 8.54. The number of nitrogens with one attached hydrogen (secondary N) is 2. The molecule has 1 aliphatic heterocycles. The van der Waals surface area contributed by atoms with E-state index >= 15 is 0 Å². The third-order valence-corrected chi connectivity index (χ3v) is 5.85. The van der Waals surface area contributed by atoms with Crippen LogP contribution < -0.4 is 10.6 Å². The molecule has 0 amide bonds. The van der Waals surface area contributed by atoms with Crippen molar-refractivity contribution in [3.8, 4) is 0 Å². The van der Waals surface area contributed by atoms with Crippen molar-refractivity contribution in [3.63, 3.8) is 0 Å². The molecule has 7 nitrogen and oxygen atoms in total. The maximum absolute atomic E-state index is 5.10. The van der Waals surface area contributed by atoms with E-state index in [1.165, 1.54) is 18.6 Å². The average Bonchev–Trinajstić information content (AvgIpc) is 3.14. The summed E-state index contributed by atoms with van der Waals surface area (Å²) in [6.07, 6.45) is 3.51. The molecule has 1 aromatic rings. The Morgan fingerprint density at radius 3 is 2.80 bits per heavy atom. The topological polar surface area (TPSA) is 76.4 Å². The number of methoxy groups -OCH3 is 1. The summed E-state index contributed by atoms with van der Waals surface area (Å²) in [7, 11) is 3.69. The first kappa shape index (κ1) is 22.5. The number of aromatic nitrogens is 3. The Bertz CT molecular complexity index is 545. The number of rotatable bonds is 8. The number of thioether (sulfide) groups is 1. The van der Waals surface area contributed by atoms with E-state index in [4.69, 9.17) is 4.74 Å². The van der Waals surface area contributed by atoms with Gasteiger partial charge in [-0.25, -0.2) is 4.99 Å². The second kappa shape index (κ2) is 11.2. The average molecular weight is 482 g/mol. The van der Waals surface area contributed by atoms with Crippen molar-refractivity contribution in [3.05, 3.63) is 11.6 Å². The number of halogens is 1. The highest BCUT2D eigenvalue weighted by atomic mass is 127. The van der Waals surface area contributed by atoms with Gasteiger partial charge in [-0.15, -0.1) is 34.2 Å². The van der Waals surface area contributed by atoms with Gasteiger partial charge in [0.25, 0.3) is 0 Å². The highest BCUT2D eigenvalue weighted by molar-refractivity contribution is 14.0. The van der Waals surface area contributed by atoms with Crippen LogP contribution >= 0.6 is 35.7 Å². The Balaban J connectivity index is 0.00000312. The molecule has 2 N–H and O–H groups in total. The van der Waals surface area contributed by atoms with Crippen molar-refractivity contribution in [2.75, 3.05) is 32.6 Å². The zero-order chi connectivity index (χ0) is 17.4. The van der Waals surface area contributed by atoms with E-state index in [1.54, 1.807) is 7.11 Å². The van der Waals surface area contributed by atoms with E-state index in [9.17, 15) is 0 Å². The number of hydrogen-bond acceptors (Lipinski definition) is 5. The van der Waals surface area contributed by atoms with Gasteiger partial charge in [0.15, 0.2) is 11.8 Å². The summed E-state index contributed by atoms with van der Waals surface area (Å²) in [5.74, 6) is 3.86. The molecule has 1 saturated heterocycles. The lowest BCUT2D eigenvalue weighted by Gasteiger charge is -2.24. The minimum absolute atomic E-state index is 0. The van der Waals surface area contributed by atoms with Crippen LogP contribution in [0.4, 0.5) is 0 Å². The van der Waals surface area contributed by atoms with Crippen LogP contribution in [-0.2, 0) is 18.3 Å². The Morgan fingerprint density at radius 2 is 2.20 bits per heavy atom. The molecule has 1 aromatic heterocycles. The summed E-state index contributed by atoms with van der Waals surface area (Å²) in [6, 6.07) is 0. The van der Waals surface area contributed by atoms with Gasteiger partial charge >= 0.3 is 0 Å². The van der Waals surface area contributed by atoms with E-state index in [0.717, 1.165) is 43.7 Å². The number of guanidine groups is 1. The third-order valence-electron chi connectivity index (χ3n) is 4.31. The van der Waals surface area contributed by atoms with Gasteiger partial charge in [0.2, 0.25) is 0 Å². The fourth-order valence-electron chi connectivity index (χ4n) is 2.58. The van der Waals surface area contributed by atoms with Gasteiger partial charge in [-0.05, 0) is 38.9 Å². The van der Waals surface area contributed by atoms with Gasteiger partial charge in [0.1, 0.15) is 12.4 Å². The Labute approximate surface area is 172 Å². The third kappa shape index (κ3) is 7.30. The fourth-order valence-corrected chi connectivity index (χ4v) is 3.83. The lowest BCUT2D eigenvalue weighted by atomic mass is 10.1. The molecule has 0 saturated carbocycles. The van der Waals surface area contributed by atoms with Crippen LogP contribution in [0.5, 0.6) is 0 Å². The summed E-state index contributed by atoms with van der Waals surface area (Å²) < 4.78 is 7.38. The number of ether oxygens (including phenoxy) is 1. The van der Waals surface area contributed by atoms with E-state index in [0.29, 0.717) is 11.3 Å². The molecule has 1 atom stereocenters. The molecule has 0 radical (unpaired) electrons. The van der Waals surface area contributed by atoms with Crippen LogP contribution in [0, 0.1) is 6.92 Å². The zero-order valence-electron chi connectivity index (χ0n) is 15.7. The van der Waals surface area contributed by atoms with Crippen molar-refractivity contribution >= 4 is 41.7 Å². The van der Waals surface area contributed by atoms with Crippen molar-refractivity contribution in [1.82, 2.24) is 25.4 Å². The molecule has 0 bridgehead atoms. The smallest absolute Gasteiger partial charge is 0.191 e. The number of aliphatic imine (C=N–C) groups is 1. The summed E-state index contributed by atoms with van der Waals surface area (Å²) in [5, 5.41) is 15.1. The molecule has 144 valence electrons. The van der Waals surface area contributed by atoms with Crippen molar-refractivity contribution in [2.24, 2.45) is 12.0 Å². The van der Waals surface area contributed by atoms with Crippen LogP contribution in [0.3, 0.4) is 0 Å². The first-order chi connectivity index (χ1) is 11.5. The second-order valence-electron chi connectivity index (χ2n) is 6.42. The number of nitrogens with zero attached hydrogens (tertiary/aromatic N) is 4. The molecule has 25 heavy (non-hydrogen) atoms. The first-order valence-corrected chi connectivity index (χ1v) is 9.52. The number of hydrogen-bond donors (Lipinski definition) is 2. The second-order valence-corrected chi connectivity index (χ2v) is 8.10. The summed E-state index contributed by atoms with van der Waals surface area (Å²) in [4.78, 5) is 4.68. The van der Waals surface area contributed by atoms with Crippen molar-refractivity contribution < 1.29 is 4.74 Å². The van der Waals surface area contributed by atoms with Crippen LogP contribution in [-0.4, -0.2) is 58.0 Å². The Kier molecular flexibility index (Phi) is 10.1. The summed E-state index contributed by atoms with van der Waals surface area (Å²) in [5.41, 5.74) is 0. The molecule has 1 fully saturated rings. The molecule has 2 heterocycles. The highest BCUT2D eigenvalue weighted by Crippen LogP contribution is 2.36. The quantitative estimate of drug-likeness (QED) is 0.256. The van der Waals surface area contributed by atoms with Gasteiger partial charge in [0.05, 0.1) is 0 Å². The monoisotopic (exact) mass is 482 g/mol. The fraction of sp³-hybridized carbons (Fsp3) is 0.812. The molecule has 2 rings (SSSR count). The normalized spacial score (nSPS) is 20.4. The SMILES string of the molecule is COCCCNC(=NCc1nnc(C)n1C)NCC1(C)CCCS1.I. The lowest BCUT2D eigenvalue weighted by Crippen LogP contribution is -2.44. The van der Waals surface area contributed by atoms with Gasteiger partial charge < -0.3 is 19.9 Å². The largest absolute Gasteiger partial charge is 0.385 e. The van der Waals surface area contributed by atoms with E-state index in [2.05, 4.69) is 32.7 Å². The zero-order valence-corrected chi connectivity index (χ0v) is 18.8. The minimum atomic E-state index is 0. The number of aryl methyl sites for hydroxylation is 1. The van der Waals surface area contributed by atoms with Crippen LogP contribution in [0.1, 0.15) is 37.8 Å². The molecule has 0 aromatic carbocycles. The molecular formula is C16H31IN6OS. The van der Waals surface area contributed by atoms with Crippen molar-refractivity contribution in [1.29, 1.82) is 0 Å². The highest BCUT2D eigenvalue weighted by Gasteiger charge is 2.29. The maximum atomic E-state index is 5.10. The Hall–Kier alpha value is -0.550. The summed E-state index contributed by atoms with van der Waals surface area (Å²) in [6.45, 7) is 7.29. The van der Waals surface area contributed by atoms with Gasteiger partial charge in [-0.2, -0.15) is 11.8 Å². The molecular weight excluding hydrogens is 451 g/mol. The lowest BCUT2D eigenvalue weighted by molar-refractivity contribution is 0.195. The van der Waals surface area contributed by atoms with Crippen molar-refractivity contribution in [2.45, 2.75) is 44.4 Å². The molecule has 1 unspecified atom stereocenters. The Morgan fingerprint density at radius 1 is 1.40 bits per heavy atom. The minimum Gasteiger partial charge on any atom is -0.385 e. The molecule has 9 heteroatoms. The van der Waals surface area contributed by atoms with Crippen LogP contribution in [0.15, 0.2) is 4.99 Å². The molecule has 0 spiro atoms. The van der Waals surface area contributed by atoms with Gasteiger partial charge in [0, 0.05) is 38.6 Å². The maximum Gasteiger partial charge on any atom is 0.191 e. The predicted octanol–water partition coefficient (Wildman–Crippen LogP) is 2.10. The van der Waals surface area contributed by atoms with E-state index < -0.39 is 0 Å². The predicted molar refractivity (Wildman–Crippen MR) is 115 cm³/mol. The summed E-state index contributed by atoms with van der Waals surface area (Å²) >= 11 is 2.05. The van der Waals surface area contributed by atoms with Gasteiger partial charge in [-0.3, -0.25) is 0 Å².